The predicted octanol–water partition coefficient (Wildman–Crippen LogP) is 1.75. The smallest absolute Gasteiger partial charge is 0.351 e. The molecule has 0 aliphatic heterocycles. The molecular formula is C11H12FNO3. The molecule has 0 heterocycles. The van der Waals surface area contributed by atoms with Gasteiger partial charge in [0, 0.05) is 5.69 Å². The SMILES string of the molecule is Cc1ccccc1NC(=O)C(C)(F)C(=O)O. The number of aryl methyl sites for hydroxylation is 1. The van der Waals surface area contributed by atoms with Crippen molar-refractivity contribution in [3.05, 3.63) is 29.8 Å². The molecule has 1 aromatic carbocycles. The second-order valence-corrected chi connectivity index (χ2v) is 3.58. The third-order valence-electron chi connectivity index (χ3n) is 2.22. The Bertz CT molecular complexity index is 429. The number of hydrogen-bond acceptors (Lipinski definition) is 2. The Kier molecular flexibility index (Phi) is 3.27. The minimum Gasteiger partial charge on any atom is -0.478 e. The number of alkyl halides is 1. The van der Waals surface area contributed by atoms with Crippen molar-refractivity contribution in [2.24, 2.45) is 0 Å². The number of amides is 1. The summed E-state index contributed by atoms with van der Waals surface area (Å²) >= 11 is 0. The maximum absolute atomic E-state index is 13.4. The zero-order valence-electron chi connectivity index (χ0n) is 8.95. The standard InChI is InChI=1S/C11H12FNO3/c1-7-5-3-4-6-8(7)13-9(14)11(2,12)10(15)16/h3-6H,1-2H3,(H,13,14)(H,15,16). The van der Waals surface area contributed by atoms with Crippen LogP contribution in [0.3, 0.4) is 0 Å². The zero-order valence-corrected chi connectivity index (χ0v) is 8.95. The molecule has 1 rings (SSSR count). The van der Waals surface area contributed by atoms with Crippen molar-refractivity contribution in [1.82, 2.24) is 0 Å². The summed E-state index contributed by atoms with van der Waals surface area (Å²) in [6.07, 6.45) is 0. The molecule has 86 valence electrons. The van der Waals surface area contributed by atoms with Crippen LogP contribution in [-0.2, 0) is 9.59 Å². The molecule has 1 amide bonds. The van der Waals surface area contributed by atoms with Crippen LogP contribution in [0.4, 0.5) is 10.1 Å². The number of carbonyl (C=O) groups excluding carboxylic acids is 1. The highest BCUT2D eigenvalue weighted by Crippen LogP contribution is 2.18. The van der Waals surface area contributed by atoms with Gasteiger partial charge in [0.05, 0.1) is 0 Å². The Labute approximate surface area is 92.1 Å². The van der Waals surface area contributed by atoms with Crippen LogP contribution in [0.2, 0.25) is 0 Å². The van der Waals surface area contributed by atoms with Gasteiger partial charge in [-0.25, -0.2) is 9.18 Å². The fourth-order valence-electron chi connectivity index (χ4n) is 1.05. The fourth-order valence-corrected chi connectivity index (χ4v) is 1.05. The molecule has 5 heteroatoms. The van der Waals surface area contributed by atoms with Gasteiger partial charge in [-0.3, -0.25) is 4.79 Å². The third kappa shape index (κ3) is 2.36. The second kappa shape index (κ2) is 4.30. The van der Waals surface area contributed by atoms with E-state index in [1.807, 2.05) is 0 Å². The lowest BCUT2D eigenvalue weighted by Crippen LogP contribution is -2.43. The number of benzene rings is 1. The minimum absolute atomic E-state index is 0.401. The van der Waals surface area contributed by atoms with Gasteiger partial charge in [0.15, 0.2) is 0 Å². The first kappa shape index (κ1) is 12.2. The lowest BCUT2D eigenvalue weighted by molar-refractivity contribution is -0.154. The van der Waals surface area contributed by atoms with E-state index in [-0.39, 0.29) is 0 Å². The number of aliphatic carboxylic acids is 1. The molecule has 0 saturated carbocycles. The number of carbonyl (C=O) groups is 2. The molecule has 0 aliphatic carbocycles. The van der Waals surface area contributed by atoms with Crippen LogP contribution in [0, 0.1) is 6.92 Å². The van der Waals surface area contributed by atoms with Gasteiger partial charge in [0.1, 0.15) is 0 Å². The Morgan fingerprint density at radius 1 is 1.38 bits per heavy atom. The summed E-state index contributed by atoms with van der Waals surface area (Å²) in [5.41, 5.74) is -1.79. The molecule has 0 radical (unpaired) electrons. The lowest BCUT2D eigenvalue weighted by atomic mass is 10.1. The zero-order chi connectivity index (χ0) is 12.3. The van der Waals surface area contributed by atoms with Crippen molar-refractivity contribution < 1.29 is 19.1 Å². The molecule has 1 aromatic rings. The van der Waals surface area contributed by atoms with Crippen molar-refractivity contribution in [2.75, 3.05) is 5.32 Å². The number of halogens is 1. The molecule has 0 aliphatic rings. The van der Waals surface area contributed by atoms with E-state index in [9.17, 15) is 14.0 Å². The Morgan fingerprint density at radius 3 is 2.44 bits per heavy atom. The number of hydrogen-bond donors (Lipinski definition) is 2. The van der Waals surface area contributed by atoms with Crippen LogP contribution >= 0.6 is 0 Å². The number of anilines is 1. The Morgan fingerprint density at radius 2 is 1.94 bits per heavy atom. The van der Waals surface area contributed by atoms with Crippen molar-refractivity contribution >= 4 is 17.6 Å². The first-order valence-electron chi connectivity index (χ1n) is 4.65. The average Bonchev–Trinajstić information content (AvgIpc) is 2.21. The lowest BCUT2D eigenvalue weighted by Gasteiger charge is -2.15. The van der Waals surface area contributed by atoms with Crippen LogP contribution in [0.5, 0.6) is 0 Å². The molecule has 1 unspecified atom stereocenters. The summed E-state index contributed by atoms with van der Waals surface area (Å²) in [6.45, 7) is 2.44. The van der Waals surface area contributed by atoms with E-state index in [2.05, 4.69) is 5.32 Å². The topological polar surface area (TPSA) is 66.4 Å². The molecule has 2 N–H and O–H groups in total. The molecule has 0 aromatic heterocycles. The second-order valence-electron chi connectivity index (χ2n) is 3.58. The summed E-state index contributed by atoms with van der Waals surface area (Å²) in [5.74, 6) is -2.99. The van der Waals surface area contributed by atoms with Gasteiger partial charge < -0.3 is 10.4 Å². The molecule has 16 heavy (non-hydrogen) atoms. The fraction of sp³-hybridized carbons (Fsp3) is 0.273. The largest absolute Gasteiger partial charge is 0.478 e. The van der Waals surface area contributed by atoms with Gasteiger partial charge in [0.2, 0.25) is 0 Å². The number of para-hydroxylation sites is 1. The van der Waals surface area contributed by atoms with E-state index in [1.165, 1.54) is 0 Å². The monoisotopic (exact) mass is 225 g/mol. The van der Waals surface area contributed by atoms with Crippen molar-refractivity contribution in [2.45, 2.75) is 19.5 Å². The number of nitrogens with one attached hydrogen (secondary N) is 1. The first-order valence-corrected chi connectivity index (χ1v) is 4.65. The van der Waals surface area contributed by atoms with E-state index in [0.29, 0.717) is 12.6 Å². The number of carboxylic acid groups (broad SMARTS) is 1. The van der Waals surface area contributed by atoms with Gasteiger partial charge >= 0.3 is 5.97 Å². The molecule has 0 saturated heterocycles. The Balaban J connectivity index is 2.88. The molecular weight excluding hydrogens is 213 g/mol. The summed E-state index contributed by atoms with van der Waals surface area (Å²) in [5, 5.41) is 10.8. The Hall–Kier alpha value is -1.91. The molecule has 4 nitrogen and oxygen atoms in total. The highest BCUT2D eigenvalue weighted by molar-refractivity contribution is 6.11. The van der Waals surface area contributed by atoms with Crippen LogP contribution < -0.4 is 5.32 Å². The number of carboxylic acids is 1. The van der Waals surface area contributed by atoms with Gasteiger partial charge in [0.25, 0.3) is 11.6 Å². The maximum atomic E-state index is 13.4. The van der Waals surface area contributed by atoms with Gasteiger partial charge in [-0.1, -0.05) is 18.2 Å². The van der Waals surface area contributed by atoms with Crippen molar-refractivity contribution in [1.29, 1.82) is 0 Å². The van der Waals surface area contributed by atoms with E-state index in [1.54, 1.807) is 31.2 Å². The maximum Gasteiger partial charge on any atom is 0.351 e. The van der Waals surface area contributed by atoms with E-state index in [0.717, 1.165) is 5.56 Å². The highest BCUT2D eigenvalue weighted by Gasteiger charge is 2.41. The van der Waals surface area contributed by atoms with E-state index < -0.39 is 17.5 Å². The minimum atomic E-state index is -2.93. The summed E-state index contributed by atoms with van der Waals surface area (Å²) < 4.78 is 13.4. The molecule has 0 bridgehead atoms. The first-order chi connectivity index (χ1) is 7.35. The molecule has 0 fully saturated rings. The summed E-state index contributed by atoms with van der Waals surface area (Å²) in [6, 6.07) is 6.73. The van der Waals surface area contributed by atoms with Crippen molar-refractivity contribution in [3.8, 4) is 0 Å². The van der Waals surface area contributed by atoms with Crippen LogP contribution in [0.15, 0.2) is 24.3 Å². The van der Waals surface area contributed by atoms with Crippen LogP contribution in [0.25, 0.3) is 0 Å². The van der Waals surface area contributed by atoms with Crippen LogP contribution in [0.1, 0.15) is 12.5 Å². The summed E-state index contributed by atoms with van der Waals surface area (Å²) in [7, 11) is 0. The number of rotatable bonds is 3. The van der Waals surface area contributed by atoms with Gasteiger partial charge in [-0.2, -0.15) is 0 Å². The quantitative estimate of drug-likeness (QED) is 0.770. The van der Waals surface area contributed by atoms with Crippen LogP contribution in [-0.4, -0.2) is 22.7 Å². The van der Waals surface area contributed by atoms with E-state index >= 15 is 0 Å². The van der Waals surface area contributed by atoms with Gasteiger partial charge in [-0.05, 0) is 25.5 Å². The average molecular weight is 225 g/mol. The normalized spacial score (nSPS) is 13.9. The summed E-state index contributed by atoms with van der Waals surface area (Å²) in [4.78, 5) is 21.9. The molecule has 0 spiro atoms. The molecule has 1 atom stereocenters. The predicted molar refractivity (Wildman–Crippen MR) is 57.0 cm³/mol. The van der Waals surface area contributed by atoms with Gasteiger partial charge in [-0.15, -0.1) is 0 Å². The third-order valence-corrected chi connectivity index (χ3v) is 2.22. The van der Waals surface area contributed by atoms with Crippen molar-refractivity contribution in [3.63, 3.8) is 0 Å². The highest BCUT2D eigenvalue weighted by atomic mass is 19.1. The van der Waals surface area contributed by atoms with E-state index in [4.69, 9.17) is 5.11 Å².